The average Bonchev–Trinajstić information content (AvgIpc) is 3.53. The van der Waals surface area contributed by atoms with Crippen LogP contribution in [-0.4, -0.2) is 16.8 Å². The lowest BCUT2D eigenvalue weighted by molar-refractivity contribution is -0.114. The van der Waals surface area contributed by atoms with Crippen molar-refractivity contribution in [1.29, 1.82) is 0 Å². The van der Waals surface area contributed by atoms with Crippen LogP contribution in [0.4, 0.5) is 17.1 Å². The molecule has 30 heavy (non-hydrogen) atoms. The normalized spacial score (nSPS) is 13.8. The third-order valence-corrected chi connectivity index (χ3v) is 5.02. The van der Waals surface area contributed by atoms with Crippen LogP contribution in [0.15, 0.2) is 73.1 Å². The van der Waals surface area contributed by atoms with Crippen LogP contribution >= 0.6 is 0 Å². The van der Waals surface area contributed by atoms with Crippen LogP contribution < -0.4 is 21.5 Å². The van der Waals surface area contributed by atoms with E-state index < -0.39 is 0 Å². The second-order valence-electron chi connectivity index (χ2n) is 7.34. The predicted octanol–water partition coefficient (Wildman–Crippen LogP) is 3.90. The quantitative estimate of drug-likeness (QED) is 0.451. The summed E-state index contributed by atoms with van der Waals surface area (Å²) >= 11 is 0. The van der Waals surface area contributed by atoms with E-state index in [9.17, 15) is 9.59 Å². The van der Waals surface area contributed by atoms with Gasteiger partial charge in [0.15, 0.2) is 0 Å². The SMILES string of the molecule is CC(=O)Nc1cccc(NNC(=O)c2cnccc2NC2(c3ccccc3)CC2)c1. The van der Waals surface area contributed by atoms with Crippen LogP contribution in [0, 0.1) is 0 Å². The highest BCUT2D eigenvalue weighted by Crippen LogP contribution is 2.48. The predicted molar refractivity (Wildman–Crippen MR) is 117 cm³/mol. The number of benzene rings is 2. The van der Waals surface area contributed by atoms with Crippen LogP contribution in [0.3, 0.4) is 0 Å². The average molecular weight is 401 g/mol. The molecule has 1 heterocycles. The summed E-state index contributed by atoms with van der Waals surface area (Å²) in [5.74, 6) is -0.464. The minimum atomic E-state index is -0.306. The molecule has 0 aliphatic heterocycles. The first-order valence-corrected chi connectivity index (χ1v) is 9.77. The number of hydrazine groups is 1. The monoisotopic (exact) mass is 401 g/mol. The minimum Gasteiger partial charge on any atom is -0.375 e. The summed E-state index contributed by atoms with van der Waals surface area (Å²) in [4.78, 5) is 28.2. The molecule has 7 heteroatoms. The Hall–Kier alpha value is -3.87. The van der Waals surface area contributed by atoms with Crippen LogP contribution in [0.2, 0.25) is 0 Å². The molecule has 1 aromatic heterocycles. The Morgan fingerprint density at radius 2 is 1.73 bits per heavy atom. The van der Waals surface area contributed by atoms with Crippen molar-refractivity contribution in [3.8, 4) is 0 Å². The highest BCUT2D eigenvalue weighted by atomic mass is 16.2. The molecule has 1 saturated carbocycles. The summed E-state index contributed by atoms with van der Waals surface area (Å²) in [6.07, 6.45) is 5.24. The molecule has 1 aliphatic carbocycles. The number of hydrogen-bond acceptors (Lipinski definition) is 5. The van der Waals surface area contributed by atoms with Gasteiger partial charge in [0.25, 0.3) is 5.91 Å². The van der Waals surface area contributed by atoms with E-state index in [1.54, 1.807) is 36.7 Å². The summed E-state index contributed by atoms with van der Waals surface area (Å²) in [6.45, 7) is 1.45. The Labute approximate surface area is 174 Å². The fourth-order valence-corrected chi connectivity index (χ4v) is 3.38. The first-order valence-electron chi connectivity index (χ1n) is 9.77. The van der Waals surface area contributed by atoms with Gasteiger partial charge in [0, 0.05) is 25.0 Å². The molecule has 1 aliphatic rings. The van der Waals surface area contributed by atoms with E-state index in [-0.39, 0.29) is 17.4 Å². The molecule has 4 N–H and O–H groups in total. The Balaban J connectivity index is 1.46. The number of nitrogens with zero attached hydrogens (tertiary/aromatic N) is 1. The Kier molecular flexibility index (Phi) is 5.34. The fraction of sp³-hybridized carbons (Fsp3) is 0.174. The lowest BCUT2D eigenvalue weighted by Crippen LogP contribution is -2.31. The number of hydrogen-bond donors (Lipinski definition) is 4. The molecule has 3 aromatic rings. The van der Waals surface area contributed by atoms with E-state index in [2.05, 4.69) is 38.6 Å². The van der Waals surface area contributed by atoms with Gasteiger partial charge in [-0.3, -0.25) is 25.4 Å². The minimum absolute atomic E-state index is 0.141. The van der Waals surface area contributed by atoms with Gasteiger partial charge in [-0.15, -0.1) is 0 Å². The number of pyridine rings is 1. The van der Waals surface area contributed by atoms with Crippen molar-refractivity contribution in [3.05, 3.63) is 84.2 Å². The van der Waals surface area contributed by atoms with Gasteiger partial charge >= 0.3 is 0 Å². The number of nitrogens with one attached hydrogen (secondary N) is 4. The Morgan fingerprint density at radius 3 is 2.47 bits per heavy atom. The van der Waals surface area contributed by atoms with E-state index in [1.165, 1.54) is 12.5 Å². The number of aromatic nitrogens is 1. The van der Waals surface area contributed by atoms with Gasteiger partial charge in [0.2, 0.25) is 5.91 Å². The summed E-state index contributed by atoms with van der Waals surface area (Å²) in [6, 6.07) is 19.2. The molecule has 0 unspecified atom stereocenters. The van der Waals surface area contributed by atoms with Gasteiger partial charge in [0.05, 0.1) is 22.5 Å². The van der Waals surface area contributed by atoms with Gasteiger partial charge in [-0.25, -0.2) is 0 Å². The zero-order chi connectivity index (χ0) is 21.0. The van der Waals surface area contributed by atoms with Crippen molar-refractivity contribution in [1.82, 2.24) is 10.4 Å². The first-order chi connectivity index (χ1) is 14.6. The first kappa shape index (κ1) is 19.4. The standard InChI is InChI=1S/C23H23N5O2/c1-16(29)25-18-8-5-9-19(14-18)27-28-22(30)20-15-24-13-10-21(20)26-23(11-12-23)17-6-3-2-4-7-17/h2-10,13-15,27H,11-12H2,1H3,(H,24,26)(H,25,29)(H,28,30). The molecular weight excluding hydrogens is 378 g/mol. The van der Waals surface area contributed by atoms with Crippen LogP contribution in [0.1, 0.15) is 35.7 Å². The molecule has 152 valence electrons. The van der Waals surface area contributed by atoms with Crippen molar-refractivity contribution in [3.63, 3.8) is 0 Å². The van der Waals surface area contributed by atoms with Crippen LogP contribution in [0.5, 0.6) is 0 Å². The summed E-state index contributed by atoms with van der Waals surface area (Å²) in [5.41, 5.74) is 9.13. The molecule has 0 saturated heterocycles. The number of carbonyl (C=O) groups is 2. The second-order valence-corrected chi connectivity index (χ2v) is 7.34. The molecule has 0 atom stereocenters. The van der Waals surface area contributed by atoms with E-state index >= 15 is 0 Å². The highest BCUT2D eigenvalue weighted by molar-refractivity contribution is 6.00. The van der Waals surface area contributed by atoms with Crippen LogP contribution in [-0.2, 0) is 10.3 Å². The van der Waals surface area contributed by atoms with E-state index in [4.69, 9.17) is 0 Å². The molecule has 0 bridgehead atoms. The third-order valence-electron chi connectivity index (χ3n) is 5.02. The summed E-state index contributed by atoms with van der Waals surface area (Å²) in [5, 5.41) is 6.26. The smallest absolute Gasteiger partial charge is 0.273 e. The maximum Gasteiger partial charge on any atom is 0.273 e. The number of anilines is 3. The molecule has 0 spiro atoms. The zero-order valence-electron chi connectivity index (χ0n) is 16.6. The number of carbonyl (C=O) groups excluding carboxylic acids is 2. The molecule has 4 rings (SSSR count). The van der Waals surface area contributed by atoms with E-state index in [1.807, 2.05) is 24.3 Å². The topological polar surface area (TPSA) is 95.2 Å². The Morgan fingerprint density at radius 1 is 0.967 bits per heavy atom. The zero-order valence-corrected chi connectivity index (χ0v) is 16.6. The molecule has 0 radical (unpaired) electrons. The van der Waals surface area contributed by atoms with Gasteiger partial charge in [-0.2, -0.15) is 0 Å². The van der Waals surface area contributed by atoms with Crippen molar-refractivity contribution >= 4 is 28.9 Å². The largest absolute Gasteiger partial charge is 0.375 e. The van der Waals surface area contributed by atoms with Crippen molar-refractivity contribution in [2.75, 3.05) is 16.1 Å². The third kappa shape index (κ3) is 4.41. The Bertz CT molecular complexity index is 1060. The van der Waals surface area contributed by atoms with Gasteiger partial charge in [0.1, 0.15) is 0 Å². The van der Waals surface area contributed by atoms with Crippen LogP contribution in [0.25, 0.3) is 0 Å². The molecular formula is C23H23N5O2. The summed E-state index contributed by atoms with van der Waals surface area (Å²) < 4.78 is 0. The van der Waals surface area contributed by atoms with E-state index in [0.717, 1.165) is 18.5 Å². The maximum absolute atomic E-state index is 12.8. The lowest BCUT2D eigenvalue weighted by Gasteiger charge is -2.21. The molecule has 1 fully saturated rings. The number of rotatable bonds is 7. The van der Waals surface area contributed by atoms with Crippen molar-refractivity contribution in [2.24, 2.45) is 0 Å². The maximum atomic E-state index is 12.8. The number of amides is 2. The molecule has 7 nitrogen and oxygen atoms in total. The second kappa shape index (κ2) is 8.24. The van der Waals surface area contributed by atoms with Crippen molar-refractivity contribution < 1.29 is 9.59 Å². The van der Waals surface area contributed by atoms with Gasteiger partial charge in [-0.05, 0) is 42.7 Å². The van der Waals surface area contributed by atoms with Crippen molar-refractivity contribution in [2.45, 2.75) is 25.3 Å². The summed E-state index contributed by atoms with van der Waals surface area (Å²) in [7, 11) is 0. The van der Waals surface area contributed by atoms with E-state index in [0.29, 0.717) is 16.9 Å². The van der Waals surface area contributed by atoms with Gasteiger partial charge in [-0.1, -0.05) is 36.4 Å². The van der Waals surface area contributed by atoms with Gasteiger partial charge < -0.3 is 10.6 Å². The highest BCUT2D eigenvalue weighted by Gasteiger charge is 2.44. The fourth-order valence-electron chi connectivity index (χ4n) is 3.38. The molecule has 2 aromatic carbocycles. The molecule has 2 amide bonds. The lowest BCUT2D eigenvalue weighted by atomic mass is 10.0.